The van der Waals surface area contributed by atoms with Gasteiger partial charge in [-0.05, 0) is 62.4 Å². The number of hydrogen-bond donors (Lipinski definition) is 2. The number of benzene rings is 2. The fourth-order valence-electron chi connectivity index (χ4n) is 2.53. The normalized spacial score (nSPS) is 10.3. The van der Waals surface area contributed by atoms with Crippen LogP contribution in [-0.2, 0) is 0 Å². The summed E-state index contributed by atoms with van der Waals surface area (Å²) in [5.41, 5.74) is 3.82. The summed E-state index contributed by atoms with van der Waals surface area (Å²) in [6.07, 6.45) is 0. The van der Waals surface area contributed by atoms with Crippen molar-refractivity contribution in [3.05, 3.63) is 71.5 Å². The molecule has 0 radical (unpaired) electrons. The van der Waals surface area contributed by atoms with E-state index in [1.54, 1.807) is 31.4 Å². The molecular weight excluding hydrogens is 328 g/mol. The van der Waals surface area contributed by atoms with Crippen molar-refractivity contribution in [2.24, 2.45) is 0 Å². The molecule has 2 aromatic carbocycles. The van der Waals surface area contributed by atoms with Crippen LogP contribution in [0.5, 0.6) is 5.75 Å². The van der Waals surface area contributed by atoms with Crippen LogP contribution in [0.2, 0.25) is 0 Å². The molecule has 0 unspecified atom stereocenters. The number of amides is 1. The molecule has 0 saturated carbocycles. The fraction of sp³-hybridized carbons (Fsp3) is 0.150. The van der Waals surface area contributed by atoms with Gasteiger partial charge in [-0.2, -0.15) is 0 Å². The first-order chi connectivity index (χ1) is 12.5. The van der Waals surface area contributed by atoms with Crippen molar-refractivity contribution < 1.29 is 9.53 Å². The molecule has 0 aliphatic heterocycles. The Morgan fingerprint density at radius 2 is 1.58 bits per heavy atom. The second-order valence-electron chi connectivity index (χ2n) is 5.86. The lowest BCUT2D eigenvalue weighted by Gasteiger charge is -2.10. The molecule has 0 saturated heterocycles. The van der Waals surface area contributed by atoms with Gasteiger partial charge in [0.1, 0.15) is 5.75 Å². The highest BCUT2D eigenvalue weighted by Crippen LogP contribution is 2.20. The number of hydrogen-bond acceptors (Lipinski definition) is 5. The molecule has 0 fully saturated rings. The van der Waals surface area contributed by atoms with Crippen LogP contribution in [0, 0.1) is 13.8 Å². The van der Waals surface area contributed by atoms with Crippen molar-refractivity contribution >= 4 is 23.2 Å². The second-order valence-corrected chi connectivity index (χ2v) is 5.86. The first kappa shape index (κ1) is 17.4. The molecule has 3 rings (SSSR count). The Bertz CT molecular complexity index is 903. The second kappa shape index (κ2) is 7.65. The zero-order valence-electron chi connectivity index (χ0n) is 14.9. The highest BCUT2D eigenvalue weighted by molar-refractivity contribution is 6.04. The first-order valence-electron chi connectivity index (χ1n) is 8.18. The third-order valence-corrected chi connectivity index (χ3v) is 3.71. The maximum atomic E-state index is 12.4. The summed E-state index contributed by atoms with van der Waals surface area (Å²) in [6.45, 7) is 3.84. The lowest BCUT2D eigenvalue weighted by Crippen LogP contribution is -2.11. The van der Waals surface area contributed by atoms with Crippen LogP contribution in [-0.4, -0.2) is 23.0 Å². The Labute approximate surface area is 152 Å². The van der Waals surface area contributed by atoms with Crippen molar-refractivity contribution in [1.82, 2.24) is 9.97 Å². The molecule has 2 N–H and O–H groups in total. The summed E-state index contributed by atoms with van der Waals surface area (Å²) in [6, 6.07) is 16.3. The van der Waals surface area contributed by atoms with Crippen LogP contribution in [0.3, 0.4) is 0 Å². The van der Waals surface area contributed by atoms with Crippen LogP contribution in [0.25, 0.3) is 0 Å². The van der Waals surface area contributed by atoms with Crippen molar-refractivity contribution in [2.45, 2.75) is 13.8 Å². The van der Waals surface area contributed by atoms with E-state index < -0.39 is 0 Å². The minimum atomic E-state index is -0.188. The average Bonchev–Trinajstić information content (AvgIpc) is 2.61. The number of nitrogens with zero attached hydrogens (tertiary/aromatic N) is 2. The van der Waals surface area contributed by atoms with Crippen LogP contribution < -0.4 is 15.4 Å². The van der Waals surface area contributed by atoms with Crippen LogP contribution in [0.4, 0.5) is 17.3 Å². The zero-order valence-corrected chi connectivity index (χ0v) is 14.9. The smallest absolute Gasteiger partial charge is 0.255 e. The minimum absolute atomic E-state index is 0.188. The van der Waals surface area contributed by atoms with Crippen LogP contribution in [0.1, 0.15) is 21.7 Å². The molecule has 1 heterocycles. The van der Waals surface area contributed by atoms with Gasteiger partial charge in [-0.25, -0.2) is 9.97 Å². The van der Waals surface area contributed by atoms with E-state index in [1.807, 2.05) is 44.2 Å². The van der Waals surface area contributed by atoms with E-state index in [4.69, 9.17) is 4.74 Å². The predicted molar refractivity (Wildman–Crippen MR) is 102 cm³/mol. The molecule has 1 amide bonds. The van der Waals surface area contributed by atoms with Crippen molar-refractivity contribution in [2.75, 3.05) is 17.7 Å². The van der Waals surface area contributed by atoms with Crippen LogP contribution >= 0.6 is 0 Å². The number of methoxy groups -OCH3 is 1. The van der Waals surface area contributed by atoms with E-state index in [-0.39, 0.29) is 5.91 Å². The van der Waals surface area contributed by atoms with Gasteiger partial charge in [0.2, 0.25) is 5.95 Å². The molecule has 0 spiro atoms. The maximum absolute atomic E-state index is 12.4. The first-order valence-corrected chi connectivity index (χ1v) is 8.18. The van der Waals surface area contributed by atoms with Gasteiger partial charge < -0.3 is 15.4 Å². The zero-order chi connectivity index (χ0) is 18.5. The van der Waals surface area contributed by atoms with E-state index in [2.05, 4.69) is 20.6 Å². The molecule has 0 atom stereocenters. The molecule has 0 aliphatic carbocycles. The number of nitrogens with one attached hydrogen (secondary N) is 2. The van der Waals surface area contributed by atoms with E-state index in [9.17, 15) is 4.79 Å². The lowest BCUT2D eigenvalue weighted by atomic mass is 10.2. The molecule has 3 aromatic rings. The largest absolute Gasteiger partial charge is 0.497 e. The number of carbonyl (C=O) groups excluding carboxylic acids is 1. The summed E-state index contributed by atoms with van der Waals surface area (Å²) in [7, 11) is 1.59. The van der Waals surface area contributed by atoms with E-state index in [0.717, 1.165) is 17.1 Å². The average molecular weight is 348 g/mol. The van der Waals surface area contributed by atoms with Gasteiger partial charge in [0.05, 0.1) is 7.11 Å². The number of aryl methyl sites for hydroxylation is 2. The Morgan fingerprint density at radius 3 is 2.23 bits per heavy atom. The van der Waals surface area contributed by atoms with Gasteiger partial charge in [0.15, 0.2) is 0 Å². The number of carbonyl (C=O) groups is 1. The van der Waals surface area contributed by atoms with Crippen molar-refractivity contribution in [3.8, 4) is 5.75 Å². The summed E-state index contributed by atoms with van der Waals surface area (Å²) in [5, 5.41) is 6.05. The van der Waals surface area contributed by atoms with E-state index in [1.165, 1.54) is 0 Å². The molecule has 0 bridgehead atoms. The standard InChI is InChI=1S/C20H20N4O2/c1-13-11-14(2)22-20(21-13)24-17-6-4-5-16(12-17)23-19(25)15-7-9-18(26-3)10-8-15/h4-12H,1-3H3,(H,23,25)(H,21,22,24). The maximum Gasteiger partial charge on any atom is 0.255 e. The number of ether oxygens (including phenoxy) is 1. The Hall–Kier alpha value is -3.41. The summed E-state index contributed by atoms with van der Waals surface area (Å²) in [5.74, 6) is 1.05. The van der Waals surface area contributed by atoms with Crippen LogP contribution in [0.15, 0.2) is 54.6 Å². The van der Waals surface area contributed by atoms with Gasteiger partial charge in [-0.1, -0.05) is 6.07 Å². The monoisotopic (exact) mass is 348 g/mol. The van der Waals surface area contributed by atoms with Gasteiger partial charge in [0, 0.05) is 28.3 Å². The lowest BCUT2D eigenvalue weighted by molar-refractivity contribution is 0.102. The fourth-order valence-corrected chi connectivity index (χ4v) is 2.53. The molecule has 26 heavy (non-hydrogen) atoms. The van der Waals surface area contributed by atoms with Gasteiger partial charge >= 0.3 is 0 Å². The number of anilines is 3. The van der Waals surface area contributed by atoms with Gasteiger partial charge in [-0.3, -0.25) is 4.79 Å². The number of aromatic nitrogens is 2. The van der Waals surface area contributed by atoms with E-state index in [0.29, 0.717) is 22.9 Å². The highest BCUT2D eigenvalue weighted by atomic mass is 16.5. The highest BCUT2D eigenvalue weighted by Gasteiger charge is 2.07. The van der Waals surface area contributed by atoms with Crippen molar-refractivity contribution in [3.63, 3.8) is 0 Å². The molecule has 6 heteroatoms. The molecule has 6 nitrogen and oxygen atoms in total. The van der Waals surface area contributed by atoms with E-state index >= 15 is 0 Å². The molecular formula is C20H20N4O2. The Balaban J connectivity index is 1.73. The van der Waals surface area contributed by atoms with Crippen molar-refractivity contribution in [1.29, 1.82) is 0 Å². The predicted octanol–water partition coefficient (Wildman–Crippen LogP) is 4.10. The summed E-state index contributed by atoms with van der Waals surface area (Å²) in [4.78, 5) is 21.1. The summed E-state index contributed by atoms with van der Waals surface area (Å²) >= 11 is 0. The quantitative estimate of drug-likeness (QED) is 0.726. The molecule has 1 aromatic heterocycles. The third-order valence-electron chi connectivity index (χ3n) is 3.71. The Morgan fingerprint density at radius 1 is 0.923 bits per heavy atom. The minimum Gasteiger partial charge on any atom is -0.497 e. The van der Waals surface area contributed by atoms with Gasteiger partial charge in [0.25, 0.3) is 5.91 Å². The SMILES string of the molecule is COc1ccc(C(=O)Nc2cccc(Nc3nc(C)cc(C)n3)c2)cc1. The molecule has 0 aliphatic rings. The number of rotatable bonds is 5. The summed E-state index contributed by atoms with van der Waals surface area (Å²) < 4.78 is 5.10. The Kier molecular flexibility index (Phi) is 5.12. The van der Waals surface area contributed by atoms with Gasteiger partial charge in [-0.15, -0.1) is 0 Å². The molecule has 132 valence electrons. The topological polar surface area (TPSA) is 76.1 Å². The third kappa shape index (κ3) is 4.36.